The Balaban J connectivity index is 0.00000112. The zero-order valence-electron chi connectivity index (χ0n) is 8.76. The molecule has 1 fully saturated rings. The fourth-order valence-corrected chi connectivity index (χ4v) is 2.31. The molecule has 0 radical (unpaired) electrons. The lowest BCUT2D eigenvalue weighted by atomic mass is 9.79. The third kappa shape index (κ3) is 3.07. The number of hydrogen-bond acceptors (Lipinski definition) is 1. The largest absolute Gasteiger partial charge is 0.303 e. The number of aldehydes is 1. The molecule has 2 heteroatoms. The molecule has 0 saturated heterocycles. The average molecular weight is 225 g/mol. The van der Waals surface area contributed by atoms with Crippen LogP contribution in [0.4, 0.5) is 0 Å². The molecule has 1 aromatic carbocycles. The molecule has 0 amide bonds. The molecule has 0 heterocycles. The van der Waals surface area contributed by atoms with Gasteiger partial charge in [0.25, 0.3) is 0 Å². The van der Waals surface area contributed by atoms with Crippen LogP contribution in [0.15, 0.2) is 30.3 Å². The lowest BCUT2D eigenvalue weighted by Crippen LogP contribution is -2.13. The van der Waals surface area contributed by atoms with Gasteiger partial charge in [0, 0.05) is 5.92 Å². The van der Waals surface area contributed by atoms with Gasteiger partial charge in [0.2, 0.25) is 0 Å². The SMILES string of the molecule is Cl.O=CC1CCC(c2ccccc2)CC1. The van der Waals surface area contributed by atoms with Gasteiger partial charge in [-0.3, -0.25) is 0 Å². The van der Waals surface area contributed by atoms with E-state index in [1.165, 1.54) is 18.4 Å². The summed E-state index contributed by atoms with van der Waals surface area (Å²) in [7, 11) is 0. The van der Waals surface area contributed by atoms with Crippen molar-refractivity contribution < 1.29 is 4.79 Å². The first-order valence-electron chi connectivity index (χ1n) is 5.40. The van der Waals surface area contributed by atoms with Crippen LogP contribution in [-0.4, -0.2) is 6.29 Å². The minimum absolute atomic E-state index is 0. The Morgan fingerprint density at radius 1 is 1.00 bits per heavy atom. The maximum Gasteiger partial charge on any atom is 0.123 e. The molecule has 0 unspecified atom stereocenters. The molecule has 82 valence electrons. The summed E-state index contributed by atoms with van der Waals surface area (Å²) in [6.07, 6.45) is 5.62. The van der Waals surface area contributed by atoms with E-state index in [0.29, 0.717) is 11.8 Å². The number of rotatable bonds is 2. The Morgan fingerprint density at radius 2 is 1.60 bits per heavy atom. The van der Waals surface area contributed by atoms with Gasteiger partial charge in [-0.25, -0.2) is 0 Å². The van der Waals surface area contributed by atoms with E-state index in [1.807, 2.05) is 0 Å². The Hall–Kier alpha value is -0.820. The quantitative estimate of drug-likeness (QED) is 0.702. The summed E-state index contributed by atoms with van der Waals surface area (Å²) < 4.78 is 0. The molecule has 0 aliphatic heterocycles. The Bertz CT molecular complexity index is 289. The van der Waals surface area contributed by atoms with E-state index in [-0.39, 0.29) is 12.4 Å². The Kier molecular flexibility index (Phi) is 4.83. The molecule has 1 nitrogen and oxygen atoms in total. The predicted octanol–water partition coefficient (Wildman–Crippen LogP) is 3.58. The summed E-state index contributed by atoms with van der Waals surface area (Å²) in [5, 5.41) is 0. The van der Waals surface area contributed by atoms with Gasteiger partial charge in [-0.05, 0) is 37.2 Å². The molecular formula is C13H17ClO. The van der Waals surface area contributed by atoms with Crippen LogP contribution in [0.1, 0.15) is 37.2 Å². The van der Waals surface area contributed by atoms with Crippen LogP contribution in [0.2, 0.25) is 0 Å². The van der Waals surface area contributed by atoms with E-state index in [9.17, 15) is 4.79 Å². The molecule has 0 bridgehead atoms. The highest BCUT2D eigenvalue weighted by Crippen LogP contribution is 2.34. The van der Waals surface area contributed by atoms with Crippen LogP contribution < -0.4 is 0 Å². The minimum Gasteiger partial charge on any atom is -0.303 e. The first-order chi connectivity index (χ1) is 6.90. The van der Waals surface area contributed by atoms with E-state index in [1.54, 1.807) is 0 Å². The summed E-state index contributed by atoms with van der Waals surface area (Å²) in [6.45, 7) is 0. The van der Waals surface area contributed by atoms with Crippen molar-refractivity contribution in [3.8, 4) is 0 Å². The van der Waals surface area contributed by atoms with Gasteiger partial charge in [0.15, 0.2) is 0 Å². The van der Waals surface area contributed by atoms with Gasteiger partial charge in [-0.2, -0.15) is 0 Å². The fraction of sp³-hybridized carbons (Fsp3) is 0.462. The molecule has 1 aliphatic carbocycles. The first-order valence-corrected chi connectivity index (χ1v) is 5.40. The van der Waals surface area contributed by atoms with Crippen molar-refractivity contribution in [1.29, 1.82) is 0 Å². The smallest absolute Gasteiger partial charge is 0.123 e. The van der Waals surface area contributed by atoms with Crippen molar-refractivity contribution in [2.24, 2.45) is 5.92 Å². The maximum absolute atomic E-state index is 10.6. The third-order valence-corrected chi connectivity index (χ3v) is 3.24. The zero-order valence-corrected chi connectivity index (χ0v) is 9.58. The monoisotopic (exact) mass is 224 g/mol. The van der Waals surface area contributed by atoms with Crippen molar-refractivity contribution in [2.75, 3.05) is 0 Å². The first kappa shape index (κ1) is 12.3. The summed E-state index contributed by atoms with van der Waals surface area (Å²) in [4.78, 5) is 10.6. The van der Waals surface area contributed by atoms with Gasteiger partial charge < -0.3 is 4.79 Å². The normalized spacial score (nSPS) is 25.3. The molecule has 15 heavy (non-hydrogen) atoms. The van der Waals surface area contributed by atoms with Gasteiger partial charge >= 0.3 is 0 Å². The molecule has 0 aromatic heterocycles. The van der Waals surface area contributed by atoms with Crippen molar-refractivity contribution in [2.45, 2.75) is 31.6 Å². The second-order valence-electron chi connectivity index (χ2n) is 4.16. The molecule has 1 saturated carbocycles. The van der Waals surface area contributed by atoms with Crippen LogP contribution in [0.25, 0.3) is 0 Å². The summed E-state index contributed by atoms with van der Waals surface area (Å²) in [5.74, 6) is 1.02. The van der Waals surface area contributed by atoms with Crippen LogP contribution in [0, 0.1) is 5.92 Å². The summed E-state index contributed by atoms with van der Waals surface area (Å²) >= 11 is 0. The van der Waals surface area contributed by atoms with Crippen molar-refractivity contribution in [3.63, 3.8) is 0 Å². The number of carbonyl (C=O) groups is 1. The summed E-state index contributed by atoms with van der Waals surface area (Å²) in [5.41, 5.74) is 1.44. The van der Waals surface area contributed by atoms with Gasteiger partial charge in [0.1, 0.15) is 6.29 Å². The van der Waals surface area contributed by atoms with Crippen molar-refractivity contribution >= 4 is 18.7 Å². The molecule has 0 atom stereocenters. The van der Waals surface area contributed by atoms with E-state index in [2.05, 4.69) is 30.3 Å². The number of halogens is 1. The Morgan fingerprint density at radius 3 is 2.13 bits per heavy atom. The molecule has 0 spiro atoms. The van der Waals surface area contributed by atoms with Gasteiger partial charge in [0.05, 0.1) is 0 Å². The second kappa shape index (κ2) is 5.92. The number of hydrogen-bond donors (Lipinski definition) is 0. The van der Waals surface area contributed by atoms with Crippen LogP contribution >= 0.6 is 12.4 Å². The maximum atomic E-state index is 10.6. The zero-order chi connectivity index (χ0) is 9.80. The molecule has 1 aromatic rings. The highest BCUT2D eigenvalue weighted by atomic mass is 35.5. The Labute approximate surface area is 97.3 Å². The van der Waals surface area contributed by atoms with Crippen molar-refractivity contribution in [3.05, 3.63) is 35.9 Å². The molecule has 1 aliphatic rings. The fourth-order valence-electron chi connectivity index (χ4n) is 2.31. The van der Waals surface area contributed by atoms with E-state index in [4.69, 9.17) is 0 Å². The topological polar surface area (TPSA) is 17.1 Å². The molecule has 0 N–H and O–H groups in total. The van der Waals surface area contributed by atoms with Gasteiger partial charge in [-0.15, -0.1) is 12.4 Å². The minimum atomic E-state index is 0. The predicted molar refractivity (Wildman–Crippen MR) is 64.5 cm³/mol. The molecular weight excluding hydrogens is 208 g/mol. The second-order valence-corrected chi connectivity index (χ2v) is 4.16. The van der Waals surface area contributed by atoms with Crippen LogP contribution in [0.3, 0.4) is 0 Å². The highest BCUT2D eigenvalue weighted by molar-refractivity contribution is 5.85. The summed E-state index contributed by atoms with van der Waals surface area (Å²) in [6, 6.07) is 10.7. The van der Waals surface area contributed by atoms with E-state index < -0.39 is 0 Å². The van der Waals surface area contributed by atoms with Crippen molar-refractivity contribution in [1.82, 2.24) is 0 Å². The number of benzene rings is 1. The van der Waals surface area contributed by atoms with Crippen LogP contribution in [0.5, 0.6) is 0 Å². The van der Waals surface area contributed by atoms with Gasteiger partial charge in [-0.1, -0.05) is 30.3 Å². The molecule has 2 rings (SSSR count). The lowest BCUT2D eigenvalue weighted by Gasteiger charge is -2.25. The lowest BCUT2D eigenvalue weighted by molar-refractivity contribution is -0.111. The van der Waals surface area contributed by atoms with Crippen LogP contribution in [-0.2, 0) is 4.79 Å². The number of carbonyl (C=O) groups excluding carboxylic acids is 1. The standard InChI is InChI=1S/C13H16O.ClH/c14-10-11-6-8-13(9-7-11)12-4-2-1-3-5-12;/h1-5,10-11,13H,6-9H2;1H. The van der Waals surface area contributed by atoms with E-state index >= 15 is 0 Å². The third-order valence-electron chi connectivity index (χ3n) is 3.24. The average Bonchev–Trinajstić information content (AvgIpc) is 2.30. The van der Waals surface area contributed by atoms with E-state index in [0.717, 1.165) is 19.1 Å². The highest BCUT2D eigenvalue weighted by Gasteiger charge is 2.21.